The highest BCUT2D eigenvalue weighted by Gasteiger charge is 2.20. The van der Waals surface area contributed by atoms with Crippen LogP contribution in [0.3, 0.4) is 0 Å². The van der Waals surface area contributed by atoms with Crippen molar-refractivity contribution < 1.29 is 18.3 Å². The highest BCUT2D eigenvalue weighted by atomic mass is 32.2. The second-order valence-corrected chi connectivity index (χ2v) is 8.56. The predicted molar refractivity (Wildman–Crippen MR) is 108 cm³/mol. The molecular formula is C19H23F2N3O2S2. The number of amides is 1. The summed E-state index contributed by atoms with van der Waals surface area (Å²) in [4.78, 5) is 17.3. The number of hydrogen-bond acceptors (Lipinski definition) is 5. The number of ether oxygens (including phenoxy) is 1. The SMILES string of the molecule is Cc1nc(SCC(=O)Nc2ccc(SC(F)F)cc2)n(C[C@@H]2CCCO2)c1C. The zero-order chi connectivity index (χ0) is 20.1. The summed E-state index contributed by atoms with van der Waals surface area (Å²) >= 11 is 1.87. The Morgan fingerprint density at radius 1 is 1.36 bits per heavy atom. The number of carbonyl (C=O) groups is 1. The molecule has 0 unspecified atom stereocenters. The van der Waals surface area contributed by atoms with E-state index in [2.05, 4.69) is 14.9 Å². The summed E-state index contributed by atoms with van der Waals surface area (Å²) in [5.41, 5.74) is 2.62. The van der Waals surface area contributed by atoms with Gasteiger partial charge >= 0.3 is 0 Å². The molecule has 1 aliphatic rings. The van der Waals surface area contributed by atoms with Crippen molar-refractivity contribution in [3.8, 4) is 0 Å². The summed E-state index contributed by atoms with van der Waals surface area (Å²) in [6.45, 7) is 5.54. The fourth-order valence-electron chi connectivity index (χ4n) is 2.99. The van der Waals surface area contributed by atoms with Gasteiger partial charge in [-0.05, 0) is 51.0 Å². The van der Waals surface area contributed by atoms with Crippen LogP contribution in [0.1, 0.15) is 24.2 Å². The van der Waals surface area contributed by atoms with Crippen LogP contribution in [0.15, 0.2) is 34.3 Å². The Kier molecular flexibility index (Phi) is 7.36. The zero-order valence-electron chi connectivity index (χ0n) is 15.8. The molecule has 1 fully saturated rings. The highest BCUT2D eigenvalue weighted by molar-refractivity contribution is 8.00. The molecule has 1 aliphatic heterocycles. The Labute approximate surface area is 171 Å². The van der Waals surface area contributed by atoms with Crippen LogP contribution < -0.4 is 5.32 Å². The number of alkyl halides is 2. The van der Waals surface area contributed by atoms with E-state index in [-0.39, 0.29) is 17.8 Å². The number of hydrogen-bond donors (Lipinski definition) is 1. The average Bonchev–Trinajstić information content (AvgIpc) is 3.25. The fourth-order valence-corrected chi connectivity index (χ4v) is 4.39. The Morgan fingerprint density at radius 2 is 2.11 bits per heavy atom. The molecule has 28 heavy (non-hydrogen) atoms. The number of halogens is 2. The third-order valence-electron chi connectivity index (χ3n) is 4.53. The fraction of sp³-hybridized carbons (Fsp3) is 0.474. The number of imidazole rings is 1. The molecule has 1 N–H and O–H groups in total. The Balaban J connectivity index is 1.56. The van der Waals surface area contributed by atoms with Crippen molar-refractivity contribution in [3.05, 3.63) is 35.7 Å². The minimum Gasteiger partial charge on any atom is -0.376 e. The third kappa shape index (κ3) is 5.71. The molecule has 5 nitrogen and oxygen atoms in total. The van der Waals surface area contributed by atoms with Crippen LogP contribution >= 0.6 is 23.5 Å². The van der Waals surface area contributed by atoms with Crippen LogP contribution in [-0.2, 0) is 16.1 Å². The second kappa shape index (κ2) is 9.76. The lowest BCUT2D eigenvalue weighted by molar-refractivity contribution is -0.113. The van der Waals surface area contributed by atoms with E-state index in [4.69, 9.17) is 4.74 Å². The van der Waals surface area contributed by atoms with Gasteiger partial charge in [0.25, 0.3) is 5.76 Å². The van der Waals surface area contributed by atoms with Crippen LogP contribution in [-0.4, -0.2) is 39.7 Å². The Bertz CT molecular complexity index is 806. The standard InChI is InChI=1S/C19H23F2N3O2S2/c1-12-13(2)24(10-15-4-3-9-26-15)19(22-12)27-11-17(25)23-14-5-7-16(8-6-14)28-18(20)21/h5-8,15,18H,3-4,9-11H2,1-2H3,(H,23,25)/t15-/m0/s1. The zero-order valence-corrected chi connectivity index (χ0v) is 17.4. The van der Waals surface area contributed by atoms with Crippen LogP contribution in [0.5, 0.6) is 0 Å². The lowest BCUT2D eigenvalue weighted by Crippen LogP contribution is -2.18. The molecule has 152 valence electrons. The molecule has 9 heteroatoms. The molecule has 0 radical (unpaired) electrons. The van der Waals surface area contributed by atoms with E-state index in [0.29, 0.717) is 22.3 Å². The number of nitrogens with zero attached hydrogens (tertiary/aromatic N) is 2. The van der Waals surface area contributed by atoms with Crippen LogP contribution in [0.2, 0.25) is 0 Å². The first-order valence-electron chi connectivity index (χ1n) is 9.05. The van der Waals surface area contributed by atoms with E-state index >= 15 is 0 Å². The highest BCUT2D eigenvalue weighted by Crippen LogP contribution is 2.27. The maximum absolute atomic E-state index is 12.4. The first-order chi connectivity index (χ1) is 13.4. The molecule has 3 rings (SSSR count). The Hall–Kier alpha value is -1.58. The van der Waals surface area contributed by atoms with E-state index in [1.165, 1.54) is 11.8 Å². The van der Waals surface area contributed by atoms with Crippen LogP contribution in [0.4, 0.5) is 14.5 Å². The lowest BCUT2D eigenvalue weighted by atomic mass is 10.2. The van der Waals surface area contributed by atoms with E-state index in [1.54, 1.807) is 24.3 Å². The van der Waals surface area contributed by atoms with Crippen molar-refractivity contribution in [2.45, 2.75) is 55.1 Å². The van der Waals surface area contributed by atoms with Gasteiger partial charge in [-0.3, -0.25) is 4.79 Å². The minimum atomic E-state index is -2.46. The molecule has 0 bridgehead atoms. The molecule has 1 atom stereocenters. The largest absolute Gasteiger partial charge is 0.376 e. The summed E-state index contributed by atoms with van der Waals surface area (Å²) in [5, 5.41) is 3.60. The molecule has 1 aromatic carbocycles. The van der Waals surface area contributed by atoms with Crippen LogP contribution in [0.25, 0.3) is 0 Å². The molecule has 2 heterocycles. The van der Waals surface area contributed by atoms with Crippen LogP contribution in [0, 0.1) is 13.8 Å². The maximum Gasteiger partial charge on any atom is 0.288 e. The van der Waals surface area contributed by atoms with Gasteiger partial charge in [0.15, 0.2) is 5.16 Å². The number of anilines is 1. The number of carbonyl (C=O) groups excluding carboxylic acids is 1. The number of aryl methyl sites for hydroxylation is 1. The third-order valence-corrected chi connectivity index (χ3v) is 6.23. The molecular weight excluding hydrogens is 404 g/mol. The van der Waals surface area contributed by atoms with Crippen molar-refractivity contribution in [3.63, 3.8) is 0 Å². The number of rotatable bonds is 8. The van der Waals surface area contributed by atoms with E-state index in [1.807, 2.05) is 13.8 Å². The van der Waals surface area contributed by atoms with Crippen molar-refractivity contribution in [2.24, 2.45) is 0 Å². The summed E-state index contributed by atoms with van der Waals surface area (Å²) < 4.78 is 32.6. The Morgan fingerprint density at radius 3 is 2.75 bits per heavy atom. The van der Waals surface area contributed by atoms with Gasteiger partial charge in [0.05, 0.1) is 24.1 Å². The summed E-state index contributed by atoms with van der Waals surface area (Å²) in [7, 11) is 0. The summed E-state index contributed by atoms with van der Waals surface area (Å²) in [6, 6.07) is 6.39. The van der Waals surface area contributed by atoms with Gasteiger partial charge in [-0.25, -0.2) is 4.98 Å². The van der Waals surface area contributed by atoms with Gasteiger partial charge < -0.3 is 14.6 Å². The molecule has 0 aliphatic carbocycles. The first kappa shape index (κ1) is 21.1. The summed E-state index contributed by atoms with van der Waals surface area (Å²) in [5.74, 6) is -2.40. The topological polar surface area (TPSA) is 56.2 Å². The second-order valence-electron chi connectivity index (χ2n) is 6.55. The monoisotopic (exact) mass is 427 g/mol. The average molecular weight is 428 g/mol. The van der Waals surface area contributed by atoms with Crippen molar-refractivity contribution >= 4 is 35.1 Å². The van der Waals surface area contributed by atoms with E-state index < -0.39 is 5.76 Å². The number of thioether (sulfide) groups is 2. The maximum atomic E-state index is 12.4. The van der Waals surface area contributed by atoms with Gasteiger partial charge in [0, 0.05) is 22.9 Å². The number of benzene rings is 1. The molecule has 1 aromatic heterocycles. The first-order valence-corrected chi connectivity index (χ1v) is 10.9. The lowest BCUT2D eigenvalue weighted by Gasteiger charge is -2.14. The van der Waals surface area contributed by atoms with Crippen molar-refractivity contribution in [2.75, 3.05) is 17.7 Å². The molecule has 1 saturated heterocycles. The molecule has 1 amide bonds. The van der Waals surface area contributed by atoms with Crippen molar-refractivity contribution in [1.29, 1.82) is 0 Å². The van der Waals surface area contributed by atoms with E-state index in [9.17, 15) is 13.6 Å². The molecule has 0 saturated carbocycles. The minimum absolute atomic E-state index is 0.166. The smallest absolute Gasteiger partial charge is 0.288 e. The van der Waals surface area contributed by atoms with E-state index in [0.717, 1.165) is 42.5 Å². The molecule has 2 aromatic rings. The number of aromatic nitrogens is 2. The number of nitrogens with one attached hydrogen (secondary N) is 1. The van der Waals surface area contributed by atoms with Gasteiger partial charge in [0.2, 0.25) is 5.91 Å². The summed E-state index contributed by atoms with van der Waals surface area (Å²) in [6.07, 6.45) is 2.32. The van der Waals surface area contributed by atoms with Crippen molar-refractivity contribution in [1.82, 2.24) is 9.55 Å². The molecule has 0 spiro atoms. The van der Waals surface area contributed by atoms with Gasteiger partial charge in [0.1, 0.15) is 0 Å². The predicted octanol–water partition coefficient (Wildman–Crippen LogP) is 4.72. The quantitative estimate of drug-likeness (QED) is 0.618. The normalized spacial score (nSPS) is 16.7. The van der Waals surface area contributed by atoms with Gasteiger partial charge in [-0.1, -0.05) is 23.5 Å². The van der Waals surface area contributed by atoms with Gasteiger partial charge in [-0.15, -0.1) is 0 Å². The van der Waals surface area contributed by atoms with Gasteiger partial charge in [-0.2, -0.15) is 8.78 Å².